The van der Waals surface area contributed by atoms with Gasteiger partial charge < -0.3 is 9.15 Å². The summed E-state index contributed by atoms with van der Waals surface area (Å²) in [4.78, 5) is 0. The molecule has 0 aliphatic rings. The van der Waals surface area contributed by atoms with Crippen LogP contribution in [0.2, 0.25) is 10.0 Å². The molecule has 0 bridgehead atoms. The summed E-state index contributed by atoms with van der Waals surface area (Å²) in [6.45, 7) is 9.86. The number of rotatable bonds is 8. The van der Waals surface area contributed by atoms with Crippen molar-refractivity contribution in [3.63, 3.8) is 0 Å². The fraction of sp³-hybridized carbons (Fsp3) is 0.240. The Morgan fingerprint density at radius 3 is 2.53 bits per heavy atom. The lowest BCUT2D eigenvalue weighted by Gasteiger charge is -2.19. The molecule has 0 fully saturated rings. The van der Waals surface area contributed by atoms with Crippen molar-refractivity contribution in [3.05, 3.63) is 81.1 Å². The highest BCUT2D eigenvalue weighted by Gasteiger charge is 2.31. The maximum absolute atomic E-state index is 6.58. The third-order valence-corrected chi connectivity index (χ3v) is 6.36. The van der Waals surface area contributed by atoms with Crippen molar-refractivity contribution in [3.8, 4) is 28.5 Å². The first-order valence-corrected chi connectivity index (χ1v) is 12.2. The molecule has 2 heterocycles. The van der Waals surface area contributed by atoms with Crippen molar-refractivity contribution in [1.29, 1.82) is 0 Å². The number of halogens is 3. The zero-order valence-corrected chi connectivity index (χ0v) is 22.1. The van der Waals surface area contributed by atoms with Gasteiger partial charge in [0.1, 0.15) is 5.60 Å². The van der Waals surface area contributed by atoms with Crippen LogP contribution in [0.4, 0.5) is 0 Å². The largest absolute Gasteiger partial charge is 0.416 e. The monoisotopic (exact) mass is 560 g/mol. The Morgan fingerprint density at radius 1 is 1.15 bits per heavy atom. The second-order valence-corrected chi connectivity index (χ2v) is 9.83. The number of nitrogens with zero attached hydrogens (tertiary/aromatic N) is 4. The number of benzene rings is 2. The molecule has 0 N–H and O–H groups in total. The first-order chi connectivity index (χ1) is 16.2. The van der Waals surface area contributed by atoms with Gasteiger partial charge in [0.2, 0.25) is 5.89 Å². The Balaban J connectivity index is 1.91. The van der Waals surface area contributed by atoms with E-state index in [0.29, 0.717) is 46.2 Å². The van der Waals surface area contributed by atoms with Crippen LogP contribution in [0.15, 0.2) is 64.0 Å². The molecule has 0 spiro atoms. The standard InChI is InChI=1S/C25H23BrCl2N4O2/c1-5-13-33-25(3,4)24-30-29-23(34-24)21-18(6-2)22(15-7-9-16(26)10-8-15)32(31-21)20-12-11-17(27)14-19(20)28/h5,7-12,14H,1,6,13H2,2-4H3. The van der Waals surface area contributed by atoms with Gasteiger partial charge >= 0.3 is 0 Å². The van der Waals surface area contributed by atoms with Crippen molar-refractivity contribution in [1.82, 2.24) is 20.0 Å². The van der Waals surface area contributed by atoms with E-state index < -0.39 is 5.60 Å². The van der Waals surface area contributed by atoms with E-state index in [-0.39, 0.29) is 0 Å². The second-order valence-electron chi connectivity index (χ2n) is 8.07. The molecule has 2 aromatic carbocycles. The zero-order valence-electron chi connectivity index (χ0n) is 19.0. The molecule has 6 nitrogen and oxygen atoms in total. The molecule has 9 heteroatoms. The molecule has 0 unspecified atom stereocenters. The Morgan fingerprint density at radius 2 is 1.88 bits per heavy atom. The molecule has 0 amide bonds. The van der Waals surface area contributed by atoms with Gasteiger partial charge in [0.05, 0.1) is 23.0 Å². The topological polar surface area (TPSA) is 66.0 Å². The van der Waals surface area contributed by atoms with E-state index in [0.717, 1.165) is 21.3 Å². The molecule has 4 aromatic rings. The molecule has 0 aliphatic heterocycles. The first-order valence-electron chi connectivity index (χ1n) is 10.7. The molecule has 0 saturated carbocycles. The van der Waals surface area contributed by atoms with Crippen molar-refractivity contribution < 1.29 is 9.15 Å². The van der Waals surface area contributed by atoms with Crippen LogP contribution >= 0.6 is 39.1 Å². The Labute approximate surface area is 216 Å². The van der Waals surface area contributed by atoms with E-state index >= 15 is 0 Å². The fourth-order valence-electron chi connectivity index (χ4n) is 3.58. The van der Waals surface area contributed by atoms with Crippen LogP contribution in [0.5, 0.6) is 0 Å². The van der Waals surface area contributed by atoms with Gasteiger partial charge in [0.15, 0.2) is 5.69 Å². The average molecular weight is 562 g/mol. The van der Waals surface area contributed by atoms with E-state index in [1.807, 2.05) is 44.2 Å². The minimum absolute atomic E-state index is 0.310. The van der Waals surface area contributed by atoms with Crippen molar-refractivity contribution in [2.75, 3.05) is 6.61 Å². The third-order valence-electron chi connectivity index (χ3n) is 5.30. The van der Waals surface area contributed by atoms with Gasteiger partial charge in [-0.2, -0.15) is 5.10 Å². The van der Waals surface area contributed by atoms with Crippen molar-refractivity contribution in [2.24, 2.45) is 0 Å². The molecule has 0 atom stereocenters. The van der Waals surface area contributed by atoms with Gasteiger partial charge in [-0.15, -0.1) is 16.8 Å². The van der Waals surface area contributed by atoms with Gasteiger partial charge in [-0.25, -0.2) is 4.68 Å². The minimum atomic E-state index is -0.775. The maximum Gasteiger partial charge on any atom is 0.268 e. The molecule has 0 radical (unpaired) electrons. The molecule has 34 heavy (non-hydrogen) atoms. The summed E-state index contributed by atoms with van der Waals surface area (Å²) < 4.78 is 14.7. The Hall–Kier alpha value is -2.45. The molecular formula is C25H23BrCl2N4O2. The number of hydrogen-bond donors (Lipinski definition) is 0. The fourth-order valence-corrected chi connectivity index (χ4v) is 4.33. The summed E-state index contributed by atoms with van der Waals surface area (Å²) in [5, 5.41) is 14.5. The van der Waals surface area contributed by atoms with Crippen LogP contribution in [0.3, 0.4) is 0 Å². The summed E-state index contributed by atoms with van der Waals surface area (Å²) in [5.74, 6) is 0.667. The van der Waals surface area contributed by atoms with Gasteiger partial charge in [0, 0.05) is 20.6 Å². The van der Waals surface area contributed by atoms with E-state index in [4.69, 9.17) is 37.5 Å². The third kappa shape index (κ3) is 4.84. The zero-order chi connectivity index (χ0) is 24.5. The summed E-state index contributed by atoms with van der Waals surface area (Å²) in [7, 11) is 0. The van der Waals surface area contributed by atoms with E-state index in [2.05, 4.69) is 39.6 Å². The van der Waals surface area contributed by atoms with E-state index in [1.54, 1.807) is 22.9 Å². The molecular weight excluding hydrogens is 539 g/mol. The van der Waals surface area contributed by atoms with Gasteiger partial charge in [-0.3, -0.25) is 0 Å². The first kappa shape index (κ1) is 24.7. The molecule has 0 aliphatic carbocycles. The van der Waals surface area contributed by atoms with Crippen LogP contribution in [-0.2, 0) is 16.8 Å². The SMILES string of the molecule is C=CCOC(C)(C)c1nnc(-c2nn(-c3ccc(Cl)cc3Cl)c(-c3ccc(Br)cc3)c2CC)o1. The van der Waals surface area contributed by atoms with Crippen LogP contribution in [-0.4, -0.2) is 26.6 Å². The lowest BCUT2D eigenvalue weighted by Crippen LogP contribution is -2.22. The number of hydrogen-bond acceptors (Lipinski definition) is 5. The molecule has 176 valence electrons. The smallest absolute Gasteiger partial charge is 0.268 e. The van der Waals surface area contributed by atoms with Crippen LogP contribution in [0.25, 0.3) is 28.5 Å². The summed E-state index contributed by atoms with van der Waals surface area (Å²) >= 11 is 16.2. The highest BCUT2D eigenvalue weighted by molar-refractivity contribution is 9.10. The normalized spacial score (nSPS) is 11.7. The highest BCUT2D eigenvalue weighted by atomic mass is 79.9. The minimum Gasteiger partial charge on any atom is -0.416 e. The van der Waals surface area contributed by atoms with Crippen molar-refractivity contribution in [2.45, 2.75) is 32.8 Å². The Kier molecular flexibility index (Phi) is 7.28. The molecule has 4 rings (SSSR count). The van der Waals surface area contributed by atoms with E-state index in [1.165, 1.54) is 0 Å². The van der Waals surface area contributed by atoms with Crippen LogP contribution < -0.4 is 0 Å². The quantitative estimate of drug-likeness (QED) is 0.207. The molecule has 2 aromatic heterocycles. The summed E-state index contributed by atoms with van der Waals surface area (Å²) in [6.07, 6.45) is 2.36. The second kappa shape index (κ2) is 10.0. The predicted molar refractivity (Wildman–Crippen MR) is 139 cm³/mol. The maximum atomic E-state index is 6.58. The van der Waals surface area contributed by atoms with Crippen LogP contribution in [0.1, 0.15) is 32.2 Å². The lowest BCUT2D eigenvalue weighted by atomic mass is 10.0. The van der Waals surface area contributed by atoms with E-state index in [9.17, 15) is 0 Å². The number of aromatic nitrogens is 4. The summed E-state index contributed by atoms with van der Waals surface area (Å²) in [6, 6.07) is 13.3. The van der Waals surface area contributed by atoms with Gasteiger partial charge in [-0.05, 0) is 50.6 Å². The predicted octanol–water partition coefficient (Wildman–Crippen LogP) is 7.66. The lowest BCUT2D eigenvalue weighted by molar-refractivity contribution is -0.0249. The van der Waals surface area contributed by atoms with Crippen molar-refractivity contribution >= 4 is 39.1 Å². The van der Waals surface area contributed by atoms with Gasteiger partial charge in [0.25, 0.3) is 5.89 Å². The summed E-state index contributed by atoms with van der Waals surface area (Å²) in [5.41, 5.74) is 3.32. The van der Waals surface area contributed by atoms with Crippen LogP contribution in [0, 0.1) is 0 Å². The number of ether oxygens (including phenoxy) is 1. The Bertz CT molecular complexity index is 1330. The highest BCUT2D eigenvalue weighted by Crippen LogP contribution is 2.37. The van der Waals surface area contributed by atoms with Gasteiger partial charge in [-0.1, -0.05) is 64.3 Å². The molecule has 0 saturated heterocycles. The average Bonchev–Trinajstić information content (AvgIpc) is 3.44.